The molecule has 5 nitrogen and oxygen atoms in total. The lowest BCUT2D eigenvalue weighted by Gasteiger charge is -2.05. The van der Waals surface area contributed by atoms with Gasteiger partial charge < -0.3 is 5.11 Å². The minimum Gasteiger partial charge on any atom is -0.481 e. The highest BCUT2D eigenvalue weighted by Gasteiger charge is 2.17. The van der Waals surface area contributed by atoms with Crippen LogP contribution in [0.3, 0.4) is 0 Å². The SMILES string of the molecule is O=C(O)Cc1ccc(-c2cccc(Cl)c2)cc1[N+](=O)[O-]. The number of halogens is 1. The molecule has 2 aromatic carbocycles. The quantitative estimate of drug-likeness (QED) is 0.690. The average Bonchev–Trinajstić information content (AvgIpc) is 2.38. The Kier molecular flexibility index (Phi) is 4.00. The molecule has 0 atom stereocenters. The Labute approximate surface area is 119 Å². The van der Waals surface area contributed by atoms with Gasteiger partial charge in [0.15, 0.2) is 0 Å². The predicted octanol–water partition coefficient (Wildman–Crippen LogP) is 3.54. The van der Waals surface area contributed by atoms with Crippen molar-refractivity contribution < 1.29 is 14.8 Å². The van der Waals surface area contributed by atoms with Gasteiger partial charge in [-0.3, -0.25) is 14.9 Å². The van der Waals surface area contributed by atoms with Crippen molar-refractivity contribution in [2.24, 2.45) is 0 Å². The van der Waals surface area contributed by atoms with Gasteiger partial charge in [-0.15, -0.1) is 0 Å². The van der Waals surface area contributed by atoms with Crippen LogP contribution >= 0.6 is 11.6 Å². The van der Waals surface area contributed by atoms with E-state index in [2.05, 4.69) is 0 Å². The lowest BCUT2D eigenvalue weighted by molar-refractivity contribution is -0.385. The molecule has 0 heterocycles. The lowest BCUT2D eigenvalue weighted by atomic mass is 10.0. The van der Waals surface area contributed by atoms with E-state index in [9.17, 15) is 14.9 Å². The first-order chi connectivity index (χ1) is 9.47. The predicted molar refractivity (Wildman–Crippen MR) is 74.9 cm³/mol. The first-order valence-electron chi connectivity index (χ1n) is 5.72. The molecule has 0 saturated carbocycles. The molecular weight excluding hydrogens is 282 g/mol. The van der Waals surface area contributed by atoms with E-state index < -0.39 is 10.9 Å². The van der Waals surface area contributed by atoms with Gasteiger partial charge in [0.2, 0.25) is 0 Å². The third kappa shape index (κ3) is 3.13. The zero-order valence-electron chi connectivity index (χ0n) is 10.2. The van der Waals surface area contributed by atoms with Crippen molar-refractivity contribution >= 4 is 23.3 Å². The first kappa shape index (κ1) is 14.0. The second-order valence-corrected chi connectivity index (χ2v) is 4.62. The van der Waals surface area contributed by atoms with Crippen LogP contribution in [0.1, 0.15) is 5.56 Å². The van der Waals surface area contributed by atoms with E-state index in [1.165, 1.54) is 12.1 Å². The number of carboxylic acids is 1. The number of carboxylic acid groups (broad SMARTS) is 1. The van der Waals surface area contributed by atoms with E-state index in [0.717, 1.165) is 5.56 Å². The van der Waals surface area contributed by atoms with Crippen LogP contribution in [0.4, 0.5) is 5.69 Å². The molecule has 0 radical (unpaired) electrons. The van der Waals surface area contributed by atoms with Crippen molar-refractivity contribution in [3.63, 3.8) is 0 Å². The fourth-order valence-corrected chi connectivity index (χ4v) is 2.08. The molecule has 1 N–H and O–H groups in total. The molecule has 2 aromatic rings. The summed E-state index contributed by atoms with van der Waals surface area (Å²) in [6, 6.07) is 11.4. The number of nitrogens with zero attached hydrogens (tertiary/aromatic N) is 1. The number of rotatable bonds is 4. The number of hydrogen-bond acceptors (Lipinski definition) is 3. The van der Waals surface area contributed by atoms with Crippen LogP contribution < -0.4 is 0 Å². The van der Waals surface area contributed by atoms with E-state index in [4.69, 9.17) is 16.7 Å². The summed E-state index contributed by atoms with van der Waals surface area (Å²) in [5, 5.41) is 20.3. The van der Waals surface area contributed by atoms with E-state index in [-0.39, 0.29) is 17.7 Å². The molecule has 0 aliphatic carbocycles. The van der Waals surface area contributed by atoms with Gasteiger partial charge in [0, 0.05) is 16.7 Å². The summed E-state index contributed by atoms with van der Waals surface area (Å²) in [5.41, 5.74) is 1.33. The maximum Gasteiger partial charge on any atom is 0.308 e. The highest BCUT2D eigenvalue weighted by atomic mass is 35.5. The Bertz CT molecular complexity index is 685. The molecule has 6 heteroatoms. The van der Waals surface area contributed by atoms with Crippen LogP contribution in [0.5, 0.6) is 0 Å². The zero-order valence-corrected chi connectivity index (χ0v) is 11.0. The standard InChI is InChI=1S/C14H10ClNO4/c15-12-3-1-2-9(6-12)10-4-5-11(8-14(17)18)13(7-10)16(19)20/h1-7H,8H2,(H,17,18). The summed E-state index contributed by atoms with van der Waals surface area (Å²) >= 11 is 5.89. The maximum atomic E-state index is 11.0. The monoisotopic (exact) mass is 291 g/mol. The topological polar surface area (TPSA) is 80.4 Å². The maximum absolute atomic E-state index is 11.0. The average molecular weight is 292 g/mol. The molecule has 0 saturated heterocycles. The molecule has 0 aliphatic rings. The zero-order chi connectivity index (χ0) is 14.7. The Morgan fingerprint density at radius 3 is 2.50 bits per heavy atom. The summed E-state index contributed by atoms with van der Waals surface area (Å²) in [6.45, 7) is 0. The number of nitro groups is 1. The van der Waals surface area contributed by atoms with E-state index in [1.807, 2.05) is 0 Å². The Hall–Kier alpha value is -2.40. The molecule has 0 fully saturated rings. The highest BCUT2D eigenvalue weighted by Crippen LogP contribution is 2.29. The lowest BCUT2D eigenvalue weighted by Crippen LogP contribution is -2.03. The van der Waals surface area contributed by atoms with Crippen LogP contribution in [0.2, 0.25) is 5.02 Å². The summed E-state index contributed by atoms with van der Waals surface area (Å²) < 4.78 is 0. The van der Waals surface area contributed by atoms with Gasteiger partial charge in [0.25, 0.3) is 5.69 Å². The molecule has 2 rings (SSSR count). The number of benzene rings is 2. The van der Waals surface area contributed by atoms with Crippen molar-refractivity contribution in [2.75, 3.05) is 0 Å². The molecule has 0 spiro atoms. The van der Waals surface area contributed by atoms with E-state index in [0.29, 0.717) is 10.6 Å². The van der Waals surface area contributed by atoms with Crippen LogP contribution in [-0.4, -0.2) is 16.0 Å². The van der Waals surface area contributed by atoms with Gasteiger partial charge in [-0.1, -0.05) is 35.9 Å². The van der Waals surface area contributed by atoms with Gasteiger partial charge >= 0.3 is 5.97 Å². The second-order valence-electron chi connectivity index (χ2n) is 4.18. The van der Waals surface area contributed by atoms with Crippen molar-refractivity contribution in [1.82, 2.24) is 0 Å². The van der Waals surface area contributed by atoms with Crippen molar-refractivity contribution in [3.8, 4) is 11.1 Å². The van der Waals surface area contributed by atoms with Crippen molar-refractivity contribution in [2.45, 2.75) is 6.42 Å². The third-order valence-electron chi connectivity index (χ3n) is 2.78. The molecule has 0 amide bonds. The van der Waals surface area contributed by atoms with Gasteiger partial charge in [0.1, 0.15) is 0 Å². The van der Waals surface area contributed by atoms with Crippen LogP contribution in [0, 0.1) is 10.1 Å². The fourth-order valence-electron chi connectivity index (χ4n) is 1.89. The molecule has 102 valence electrons. The number of nitro benzene ring substituents is 1. The molecular formula is C14H10ClNO4. The number of carbonyl (C=O) groups is 1. The van der Waals surface area contributed by atoms with Crippen LogP contribution in [-0.2, 0) is 11.2 Å². The van der Waals surface area contributed by atoms with Gasteiger partial charge in [-0.25, -0.2) is 0 Å². The smallest absolute Gasteiger partial charge is 0.308 e. The van der Waals surface area contributed by atoms with Gasteiger partial charge in [0.05, 0.1) is 11.3 Å². The molecule has 0 bridgehead atoms. The minimum absolute atomic E-state index is 0.174. The Morgan fingerprint density at radius 1 is 1.20 bits per heavy atom. The second kappa shape index (κ2) is 5.71. The minimum atomic E-state index is -1.11. The van der Waals surface area contributed by atoms with Gasteiger partial charge in [-0.2, -0.15) is 0 Å². The fraction of sp³-hybridized carbons (Fsp3) is 0.0714. The molecule has 0 aromatic heterocycles. The Balaban J connectivity index is 2.50. The van der Waals surface area contributed by atoms with Crippen molar-refractivity contribution in [1.29, 1.82) is 0 Å². The van der Waals surface area contributed by atoms with E-state index >= 15 is 0 Å². The molecule has 0 unspecified atom stereocenters. The summed E-state index contributed by atoms with van der Waals surface area (Å²) in [6.07, 6.45) is -0.383. The third-order valence-corrected chi connectivity index (χ3v) is 3.02. The van der Waals surface area contributed by atoms with Crippen molar-refractivity contribution in [3.05, 3.63) is 63.2 Å². The summed E-state index contributed by atoms with van der Waals surface area (Å²) in [7, 11) is 0. The number of hydrogen-bond donors (Lipinski definition) is 1. The molecule has 20 heavy (non-hydrogen) atoms. The largest absolute Gasteiger partial charge is 0.481 e. The summed E-state index contributed by atoms with van der Waals surface area (Å²) in [4.78, 5) is 21.2. The summed E-state index contributed by atoms with van der Waals surface area (Å²) in [5.74, 6) is -1.11. The van der Waals surface area contributed by atoms with Crippen LogP contribution in [0.25, 0.3) is 11.1 Å². The van der Waals surface area contributed by atoms with Gasteiger partial charge in [-0.05, 0) is 23.3 Å². The number of aliphatic carboxylic acids is 1. The normalized spacial score (nSPS) is 10.2. The van der Waals surface area contributed by atoms with Crippen LogP contribution in [0.15, 0.2) is 42.5 Å². The first-order valence-corrected chi connectivity index (χ1v) is 6.10. The van der Waals surface area contributed by atoms with E-state index in [1.54, 1.807) is 30.3 Å². The Morgan fingerprint density at radius 2 is 1.90 bits per heavy atom. The molecule has 0 aliphatic heterocycles. The highest BCUT2D eigenvalue weighted by molar-refractivity contribution is 6.30.